The highest BCUT2D eigenvalue weighted by atomic mass is 32.2. The second-order valence-corrected chi connectivity index (χ2v) is 12.6. The minimum atomic E-state index is -3.74. The van der Waals surface area contributed by atoms with Crippen molar-refractivity contribution in [2.75, 3.05) is 12.0 Å². The highest BCUT2D eigenvalue weighted by Crippen LogP contribution is 2.45. The zero-order valence-electron chi connectivity index (χ0n) is 22.2. The molecule has 2 saturated heterocycles. The number of nitrogens with one attached hydrogen (secondary N) is 1. The Morgan fingerprint density at radius 1 is 1.00 bits per heavy atom. The van der Waals surface area contributed by atoms with Crippen molar-refractivity contribution in [3.8, 4) is 22.4 Å². The monoisotopic (exact) mass is 569 g/mol. The molecule has 0 radical (unpaired) electrons. The molecule has 0 aliphatic carbocycles. The summed E-state index contributed by atoms with van der Waals surface area (Å²) in [5, 5.41) is 10.9. The van der Waals surface area contributed by atoms with Gasteiger partial charge < -0.3 is 10.6 Å². The zero-order valence-corrected chi connectivity index (χ0v) is 23.0. The van der Waals surface area contributed by atoms with Crippen LogP contribution in [0.15, 0.2) is 66.1 Å². The third kappa shape index (κ3) is 4.24. The lowest BCUT2D eigenvalue weighted by atomic mass is 9.87. The quantitative estimate of drug-likeness (QED) is 0.323. The number of carbonyl (C=O) groups is 1. The van der Waals surface area contributed by atoms with E-state index >= 15 is 0 Å². The van der Waals surface area contributed by atoms with Crippen molar-refractivity contribution in [1.82, 2.24) is 39.7 Å². The van der Waals surface area contributed by atoms with Gasteiger partial charge in [0.15, 0.2) is 15.5 Å². The summed E-state index contributed by atoms with van der Waals surface area (Å²) in [6, 6.07) is 13.6. The van der Waals surface area contributed by atoms with Crippen molar-refractivity contribution in [1.29, 1.82) is 0 Å². The molecule has 2 aliphatic heterocycles. The van der Waals surface area contributed by atoms with Gasteiger partial charge in [0, 0.05) is 47.1 Å². The summed E-state index contributed by atoms with van der Waals surface area (Å²) in [4.78, 5) is 28.6. The van der Waals surface area contributed by atoms with Crippen molar-refractivity contribution in [2.45, 2.75) is 48.6 Å². The van der Waals surface area contributed by atoms with Crippen LogP contribution in [0, 0.1) is 0 Å². The third-order valence-corrected chi connectivity index (χ3v) is 9.31. The molecule has 2 aliphatic rings. The molecule has 12 nitrogen and oxygen atoms in total. The first-order chi connectivity index (χ1) is 19.8. The first-order valence-corrected chi connectivity index (χ1v) is 15.3. The number of carbonyl (C=O) groups excluding carboxylic acids is 1. The van der Waals surface area contributed by atoms with Crippen LogP contribution in [0.3, 0.4) is 0 Å². The number of aromatic amines is 1. The number of H-pyrrole nitrogens is 1. The summed E-state index contributed by atoms with van der Waals surface area (Å²) in [6.45, 7) is 0. The Bertz CT molecular complexity index is 1860. The number of hydrogen-bond acceptors (Lipinski definition) is 9. The number of nitrogens with two attached hydrogens (primary N) is 1. The lowest BCUT2D eigenvalue weighted by molar-refractivity contribution is 0.0556. The van der Waals surface area contributed by atoms with E-state index in [1.54, 1.807) is 12.4 Å². The van der Waals surface area contributed by atoms with E-state index in [1.807, 2.05) is 47.4 Å². The van der Waals surface area contributed by atoms with Gasteiger partial charge in [0.1, 0.15) is 17.0 Å². The molecular weight excluding hydrogens is 542 g/mol. The fourth-order valence-electron chi connectivity index (χ4n) is 6.37. The average molecular weight is 570 g/mol. The molecule has 41 heavy (non-hydrogen) atoms. The molecule has 2 fully saturated rings. The van der Waals surface area contributed by atoms with Crippen molar-refractivity contribution in [3.05, 3.63) is 72.7 Å². The number of fused-ring (bicyclic) bond motifs is 3. The van der Waals surface area contributed by atoms with Crippen LogP contribution < -0.4 is 5.73 Å². The SMILES string of the molecule is CS(=O)(=O)c1c(C2CC3CCC(C2)N3C(=O)c2ncn[nH]2)nc2c(-c3ccc(-c4ccccc4)nc3)cnn2c1N. The predicted octanol–water partition coefficient (Wildman–Crippen LogP) is 3.11. The standard InChI is InChI=1S/C28H27N9O3S/c1-41(39,40)24-23(18-11-19-8-9-20(12-18)36(19)28(38)26-31-15-32-35-26)34-27-21(14-33-37(27)25(24)29)17-7-10-22(30-13-17)16-5-3-2-4-6-16/h2-7,10,13-15,18-20H,8-9,11-12,29H2,1H3,(H,31,32,35). The maximum Gasteiger partial charge on any atom is 0.291 e. The number of benzene rings is 1. The maximum absolute atomic E-state index is 13.1. The van der Waals surface area contributed by atoms with Crippen LogP contribution >= 0.6 is 0 Å². The second kappa shape index (κ2) is 9.47. The van der Waals surface area contributed by atoms with Crippen LogP contribution in [0.2, 0.25) is 0 Å². The molecular formula is C28H27N9O3S. The molecule has 0 spiro atoms. The van der Waals surface area contributed by atoms with E-state index in [-0.39, 0.29) is 40.4 Å². The molecule has 1 amide bonds. The van der Waals surface area contributed by atoms with Gasteiger partial charge in [-0.3, -0.25) is 14.9 Å². The molecule has 2 unspecified atom stereocenters. The van der Waals surface area contributed by atoms with Gasteiger partial charge >= 0.3 is 0 Å². The fraction of sp³-hybridized carbons (Fsp3) is 0.286. The number of anilines is 1. The number of aromatic nitrogens is 7. The third-order valence-electron chi connectivity index (χ3n) is 8.15. The van der Waals surface area contributed by atoms with Gasteiger partial charge in [-0.2, -0.15) is 14.7 Å². The van der Waals surface area contributed by atoms with E-state index in [9.17, 15) is 13.2 Å². The number of pyridine rings is 1. The number of sulfone groups is 1. The van der Waals surface area contributed by atoms with Gasteiger partial charge in [0.2, 0.25) is 5.82 Å². The highest BCUT2D eigenvalue weighted by molar-refractivity contribution is 7.91. The van der Waals surface area contributed by atoms with E-state index in [0.29, 0.717) is 29.7 Å². The summed E-state index contributed by atoms with van der Waals surface area (Å²) in [5.74, 6) is -0.161. The van der Waals surface area contributed by atoms with Gasteiger partial charge in [0.05, 0.1) is 17.6 Å². The predicted molar refractivity (Wildman–Crippen MR) is 151 cm³/mol. The van der Waals surface area contributed by atoms with Crippen molar-refractivity contribution >= 4 is 27.2 Å². The fourth-order valence-corrected chi connectivity index (χ4v) is 7.43. The molecule has 1 aromatic carbocycles. The number of nitrogens with zero attached hydrogens (tertiary/aromatic N) is 7. The van der Waals surface area contributed by atoms with Crippen molar-refractivity contribution < 1.29 is 13.2 Å². The van der Waals surface area contributed by atoms with Gasteiger partial charge in [0.25, 0.3) is 5.91 Å². The Morgan fingerprint density at radius 3 is 2.39 bits per heavy atom. The summed E-state index contributed by atoms with van der Waals surface area (Å²) in [5.41, 5.74) is 10.7. The number of piperidine rings is 1. The minimum absolute atomic E-state index is 0.00314. The Balaban J connectivity index is 1.29. The summed E-state index contributed by atoms with van der Waals surface area (Å²) < 4.78 is 27.5. The van der Waals surface area contributed by atoms with Crippen LogP contribution in [0.5, 0.6) is 0 Å². The van der Waals surface area contributed by atoms with E-state index in [4.69, 9.17) is 10.7 Å². The Hall–Kier alpha value is -4.65. The summed E-state index contributed by atoms with van der Waals surface area (Å²) in [6.07, 6.45) is 8.64. The Morgan fingerprint density at radius 2 is 1.76 bits per heavy atom. The van der Waals surface area contributed by atoms with Crippen LogP contribution in [-0.2, 0) is 9.84 Å². The van der Waals surface area contributed by atoms with Gasteiger partial charge in [-0.15, -0.1) is 0 Å². The molecule has 4 aromatic heterocycles. The lowest BCUT2D eigenvalue weighted by Crippen LogP contribution is -2.46. The first kappa shape index (κ1) is 25.3. The van der Waals surface area contributed by atoms with E-state index in [2.05, 4.69) is 25.3 Å². The normalized spacial score (nSPS) is 20.5. The number of nitrogen functional groups attached to an aromatic ring is 1. The molecule has 13 heteroatoms. The van der Waals surface area contributed by atoms with E-state index in [1.165, 1.54) is 10.8 Å². The average Bonchev–Trinajstić information content (AvgIpc) is 3.71. The second-order valence-electron chi connectivity index (χ2n) is 10.7. The number of amides is 1. The largest absolute Gasteiger partial charge is 0.382 e. The van der Waals surface area contributed by atoms with Crippen molar-refractivity contribution in [3.63, 3.8) is 0 Å². The molecule has 6 heterocycles. The van der Waals surface area contributed by atoms with Gasteiger partial charge in [-0.25, -0.2) is 18.4 Å². The summed E-state index contributed by atoms with van der Waals surface area (Å²) in [7, 11) is -3.74. The topological polar surface area (TPSA) is 165 Å². The zero-order chi connectivity index (χ0) is 28.3. The summed E-state index contributed by atoms with van der Waals surface area (Å²) >= 11 is 0. The molecule has 0 saturated carbocycles. The molecule has 2 bridgehead atoms. The minimum Gasteiger partial charge on any atom is -0.382 e. The highest BCUT2D eigenvalue weighted by Gasteiger charge is 2.46. The molecule has 7 rings (SSSR count). The molecule has 5 aromatic rings. The van der Waals surface area contributed by atoms with Crippen molar-refractivity contribution in [2.24, 2.45) is 0 Å². The van der Waals surface area contributed by atoms with E-state index in [0.717, 1.165) is 35.9 Å². The van der Waals surface area contributed by atoms with Crippen LogP contribution in [0.25, 0.3) is 28.0 Å². The smallest absolute Gasteiger partial charge is 0.291 e. The number of rotatable bonds is 5. The first-order valence-electron chi connectivity index (χ1n) is 13.4. The maximum atomic E-state index is 13.1. The van der Waals surface area contributed by atoms with Crippen LogP contribution in [0.1, 0.15) is 47.9 Å². The van der Waals surface area contributed by atoms with Gasteiger partial charge in [-0.1, -0.05) is 36.4 Å². The number of hydrogen-bond donors (Lipinski definition) is 2. The molecule has 2 atom stereocenters. The van der Waals surface area contributed by atoms with Crippen LogP contribution in [-0.4, -0.2) is 72.3 Å². The molecule has 3 N–H and O–H groups in total. The van der Waals surface area contributed by atoms with Crippen LogP contribution in [0.4, 0.5) is 5.82 Å². The Kier molecular flexibility index (Phi) is 5.85. The molecule has 208 valence electrons. The van der Waals surface area contributed by atoms with E-state index < -0.39 is 9.84 Å². The Labute approximate surface area is 235 Å². The van der Waals surface area contributed by atoms with Gasteiger partial charge in [-0.05, 0) is 31.7 Å². The lowest BCUT2D eigenvalue weighted by Gasteiger charge is -2.38.